The van der Waals surface area contributed by atoms with Crippen molar-refractivity contribution in [2.75, 3.05) is 5.32 Å². The van der Waals surface area contributed by atoms with Gasteiger partial charge in [0.05, 0.1) is 0 Å². The Hall–Kier alpha value is -2.19. The number of carbonyl (C=O) groups excluding carboxylic acids is 1. The second kappa shape index (κ2) is 8.22. The summed E-state index contributed by atoms with van der Waals surface area (Å²) in [6.45, 7) is 6.09. The van der Waals surface area contributed by atoms with E-state index in [2.05, 4.69) is 40.1 Å². The van der Waals surface area contributed by atoms with Crippen LogP contribution in [-0.2, 0) is 0 Å². The van der Waals surface area contributed by atoms with Gasteiger partial charge in [0.25, 0.3) is 5.91 Å². The van der Waals surface area contributed by atoms with Gasteiger partial charge in [-0.3, -0.25) is 10.1 Å². The topological polar surface area (TPSA) is 54.3 Å². The van der Waals surface area contributed by atoms with Crippen LogP contribution in [0.2, 0.25) is 0 Å². The van der Waals surface area contributed by atoms with E-state index in [1.807, 2.05) is 50.2 Å². The molecule has 1 aromatic heterocycles. The number of rotatable bonds is 3. The van der Waals surface area contributed by atoms with Crippen molar-refractivity contribution in [3.05, 3.63) is 74.6 Å². The molecule has 0 aliphatic rings. The van der Waals surface area contributed by atoms with Crippen LogP contribution in [0.1, 0.15) is 27.2 Å². The lowest BCUT2D eigenvalue weighted by Crippen LogP contribution is -2.34. The lowest BCUT2D eigenvalue weighted by molar-refractivity contribution is 0.0951. The first-order chi connectivity index (χ1) is 12.8. The minimum atomic E-state index is -0.384. The molecule has 0 bridgehead atoms. The standard InChI is InChI=1S/C21H19IN2O2S/c1-12-4-5-15(10-13(12)2)18-8-9-19(26-18)20(25)24-21(27)23-17-7-6-16(22)11-14(17)3/h4-11H,1-3H3,(H2,23,24,25,27). The number of nitrogens with one attached hydrogen (secondary N) is 2. The maximum Gasteiger partial charge on any atom is 0.293 e. The highest BCUT2D eigenvalue weighted by atomic mass is 127. The first-order valence-corrected chi connectivity index (χ1v) is 9.88. The van der Waals surface area contributed by atoms with Crippen molar-refractivity contribution < 1.29 is 9.21 Å². The number of thiocarbonyl (C=S) groups is 1. The van der Waals surface area contributed by atoms with Crippen molar-refractivity contribution in [1.82, 2.24) is 5.32 Å². The zero-order chi connectivity index (χ0) is 19.6. The Morgan fingerprint density at radius 2 is 1.74 bits per heavy atom. The summed E-state index contributed by atoms with van der Waals surface area (Å²) in [7, 11) is 0. The fourth-order valence-corrected chi connectivity index (χ4v) is 3.44. The highest BCUT2D eigenvalue weighted by Gasteiger charge is 2.14. The van der Waals surface area contributed by atoms with E-state index in [0.717, 1.165) is 20.4 Å². The molecule has 4 nitrogen and oxygen atoms in total. The molecule has 0 saturated carbocycles. The fraction of sp³-hybridized carbons (Fsp3) is 0.143. The van der Waals surface area contributed by atoms with Gasteiger partial charge in [-0.15, -0.1) is 0 Å². The smallest absolute Gasteiger partial charge is 0.293 e. The molecule has 6 heteroatoms. The highest BCUT2D eigenvalue weighted by Crippen LogP contribution is 2.24. The first kappa shape index (κ1) is 19.6. The van der Waals surface area contributed by atoms with Gasteiger partial charge in [-0.2, -0.15) is 0 Å². The van der Waals surface area contributed by atoms with E-state index in [9.17, 15) is 4.79 Å². The molecule has 27 heavy (non-hydrogen) atoms. The number of carbonyl (C=O) groups is 1. The molecule has 1 heterocycles. The van der Waals surface area contributed by atoms with Gasteiger partial charge in [-0.1, -0.05) is 12.1 Å². The molecule has 1 amide bonds. The Balaban J connectivity index is 1.68. The molecule has 0 unspecified atom stereocenters. The maximum atomic E-state index is 12.4. The van der Waals surface area contributed by atoms with E-state index in [1.165, 1.54) is 11.1 Å². The third-order valence-corrected chi connectivity index (χ3v) is 5.16. The number of halogens is 1. The summed E-state index contributed by atoms with van der Waals surface area (Å²) < 4.78 is 6.86. The number of aryl methyl sites for hydroxylation is 3. The molecule has 138 valence electrons. The van der Waals surface area contributed by atoms with Gasteiger partial charge in [-0.25, -0.2) is 0 Å². The largest absolute Gasteiger partial charge is 0.451 e. The Morgan fingerprint density at radius 3 is 2.44 bits per heavy atom. The molecule has 3 aromatic rings. The van der Waals surface area contributed by atoms with Crippen molar-refractivity contribution >= 4 is 51.5 Å². The quantitative estimate of drug-likeness (QED) is 0.371. The first-order valence-electron chi connectivity index (χ1n) is 8.39. The molecule has 0 radical (unpaired) electrons. The van der Waals surface area contributed by atoms with Crippen LogP contribution in [0.5, 0.6) is 0 Å². The average molecular weight is 490 g/mol. The van der Waals surface area contributed by atoms with E-state index in [1.54, 1.807) is 12.1 Å². The van der Waals surface area contributed by atoms with E-state index in [0.29, 0.717) is 5.76 Å². The summed E-state index contributed by atoms with van der Waals surface area (Å²) >= 11 is 7.50. The van der Waals surface area contributed by atoms with Gasteiger partial charge in [0.1, 0.15) is 5.76 Å². The van der Waals surface area contributed by atoms with E-state index in [-0.39, 0.29) is 16.8 Å². The van der Waals surface area contributed by atoms with Crippen LogP contribution < -0.4 is 10.6 Å². The number of hydrogen-bond acceptors (Lipinski definition) is 3. The molecule has 0 saturated heterocycles. The van der Waals surface area contributed by atoms with Crippen molar-refractivity contribution in [3.8, 4) is 11.3 Å². The van der Waals surface area contributed by atoms with Gasteiger partial charge in [0.2, 0.25) is 0 Å². The lowest BCUT2D eigenvalue weighted by atomic mass is 10.1. The second-order valence-electron chi connectivity index (χ2n) is 6.33. The Morgan fingerprint density at radius 1 is 0.963 bits per heavy atom. The molecule has 2 aromatic carbocycles. The Labute approximate surface area is 177 Å². The summed E-state index contributed by atoms with van der Waals surface area (Å²) in [5, 5.41) is 5.93. The number of hydrogen-bond donors (Lipinski definition) is 2. The van der Waals surface area contributed by atoms with Gasteiger partial charge in [-0.05, 0) is 109 Å². The van der Waals surface area contributed by atoms with E-state index < -0.39 is 0 Å². The van der Waals surface area contributed by atoms with Crippen LogP contribution in [-0.4, -0.2) is 11.0 Å². The van der Waals surface area contributed by atoms with Crippen molar-refractivity contribution in [2.45, 2.75) is 20.8 Å². The van der Waals surface area contributed by atoms with Crippen LogP contribution >= 0.6 is 34.8 Å². The molecule has 0 aliphatic heterocycles. The number of amides is 1. The zero-order valence-electron chi connectivity index (χ0n) is 15.2. The van der Waals surface area contributed by atoms with Gasteiger partial charge < -0.3 is 9.73 Å². The third-order valence-electron chi connectivity index (χ3n) is 4.28. The number of anilines is 1. The molecule has 0 spiro atoms. The summed E-state index contributed by atoms with van der Waals surface area (Å²) in [5.41, 5.74) is 5.23. The summed E-state index contributed by atoms with van der Waals surface area (Å²) in [4.78, 5) is 12.4. The molecule has 0 fully saturated rings. The number of furan rings is 1. The summed E-state index contributed by atoms with van der Waals surface area (Å²) in [5.74, 6) is 0.480. The summed E-state index contributed by atoms with van der Waals surface area (Å²) in [6.07, 6.45) is 0. The van der Waals surface area contributed by atoms with Crippen LogP contribution in [0.25, 0.3) is 11.3 Å². The highest BCUT2D eigenvalue weighted by molar-refractivity contribution is 14.1. The number of benzene rings is 2. The molecule has 2 N–H and O–H groups in total. The van der Waals surface area contributed by atoms with Crippen LogP contribution in [0.15, 0.2) is 52.9 Å². The normalized spacial score (nSPS) is 10.5. The molecule has 0 aliphatic carbocycles. The second-order valence-corrected chi connectivity index (χ2v) is 7.98. The van der Waals surface area contributed by atoms with Crippen molar-refractivity contribution in [1.29, 1.82) is 0 Å². The van der Waals surface area contributed by atoms with Gasteiger partial charge in [0.15, 0.2) is 10.9 Å². The molecule has 3 rings (SSSR count). The lowest BCUT2D eigenvalue weighted by Gasteiger charge is -2.11. The molecular weight excluding hydrogens is 471 g/mol. The van der Waals surface area contributed by atoms with Crippen LogP contribution in [0, 0.1) is 24.3 Å². The average Bonchev–Trinajstić information content (AvgIpc) is 3.10. The minimum absolute atomic E-state index is 0.215. The SMILES string of the molecule is Cc1ccc(-c2ccc(C(=O)NC(=S)Nc3ccc(I)cc3C)o2)cc1C. The fourth-order valence-electron chi connectivity index (χ4n) is 2.60. The van der Waals surface area contributed by atoms with Crippen LogP contribution in [0.3, 0.4) is 0 Å². The predicted octanol–water partition coefficient (Wildman–Crippen LogP) is 5.60. The summed E-state index contributed by atoms with van der Waals surface area (Å²) in [6, 6.07) is 15.4. The minimum Gasteiger partial charge on any atom is -0.451 e. The molecule has 0 atom stereocenters. The molecular formula is C21H19IN2O2S. The van der Waals surface area contributed by atoms with Gasteiger partial charge in [0, 0.05) is 14.8 Å². The maximum absolute atomic E-state index is 12.4. The third kappa shape index (κ3) is 4.75. The van der Waals surface area contributed by atoms with E-state index in [4.69, 9.17) is 16.6 Å². The zero-order valence-corrected chi connectivity index (χ0v) is 18.2. The van der Waals surface area contributed by atoms with Gasteiger partial charge >= 0.3 is 0 Å². The van der Waals surface area contributed by atoms with E-state index >= 15 is 0 Å². The van der Waals surface area contributed by atoms with Crippen molar-refractivity contribution in [3.63, 3.8) is 0 Å². The van der Waals surface area contributed by atoms with Crippen molar-refractivity contribution in [2.24, 2.45) is 0 Å². The predicted molar refractivity (Wildman–Crippen MR) is 121 cm³/mol. The Bertz CT molecular complexity index is 1030. The Kier molecular flexibility index (Phi) is 5.96. The van der Waals surface area contributed by atoms with Crippen LogP contribution in [0.4, 0.5) is 5.69 Å². The monoisotopic (exact) mass is 490 g/mol.